The highest BCUT2D eigenvalue weighted by atomic mass is 35.5. The lowest BCUT2D eigenvalue weighted by Crippen LogP contribution is -1.99. The Kier molecular flexibility index (Phi) is 6.75. The number of benzene rings is 1. The first-order valence-corrected chi connectivity index (χ1v) is 6.59. The Balaban J connectivity index is 0.00000132. The van der Waals surface area contributed by atoms with Gasteiger partial charge in [0.1, 0.15) is 0 Å². The second-order valence-corrected chi connectivity index (χ2v) is 4.70. The van der Waals surface area contributed by atoms with Gasteiger partial charge in [0.05, 0.1) is 5.69 Å². The second kappa shape index (κ2) is 8.31. The van der Waals surface area contributed by atoms with Crippen molar-refractivity contribution in [3.05, 3.63) is 60.6 Å². The van der Waals surface area contributed by atoms with Crippen LogP contribution in [0.15, 0.2) is 55.0 Å². The monoisotopic (exact) mass is 349 g/mol. The zero-order valence-corrected chi connectivity index (χ0v) is 14.1. The molecule has 23 heavy (non-hydrogen) atoms. The number of aromatic nitrogens is 3. The van der Waals surface area contributed by atoms with E-state index in [0.29, 0.717) is 5.95 Å². The van der Waals surface area contributed by atoms with Gasteiger partial charge in [0.2, 0.25) is 5.95 Å². The Hall–Kier alpha value is -2.37. The van der Waals surface area contributed by atoms with E-state index in [-0.39, 0.29) is 24.8 Å². The molecule has 3 N–H and O–H groups in total. The SMILES string of the molecule is Cc1cc(Nc2nccc(-c3ccncc3)n2)ccc1N.Cl.Cl. The number of nitrogens with zero attached hydrogens (tertiary/aromatic N) is 3. The summed E-state index contributed by atoms with van der Waals surface area (Å²) in [5.41, 5.74) is 10.4. The Bertz CT molecular complexity index is 765. The van der Waals surface area contributed by atoms with E-state index in [0.717, 1.165) is 28.2 Å². The molecular formula is C16H17Cl2N5. The van der Waals surface area contributed by atoms with Gasteiger partial charge >= 0.3 is 0 Å². The van der Waals surface area contributed by atoms with Crippen LogP contribution in [0.4, 0.5) is 17.3 Å². The van der Waals surface area contributed by atoms with Crippen LogP contribution in [-0.4, -0.2) is 15.0 Å². The number of aryl methyl sites for hydroxylation is 1. The molecule has 0 saturated heterocycles. The number of rotatable bonds is 3. The molecule has 7 heteroatoms. The maximum atomic E-state index is 5.82. The van der Waals surface area contributed by atoms with Crippen LogP contribution < -0.4 is 11.1 Å². The smallest absolute Gasteiger partial charge is 0.227 e. The molecule has 0 radical (unpaired) electrons. The summed E-state index contributed by atoms with van der Waals surface area (Å²) in [6, 6.07) is 11.4. The topological polar surface area (TPSA) is 76.7 Å². The predicted octanol–water partition coefficient (Wildman–Crippen LogP) is 4.02. The third-order valence-electron chi connectivity index (χ3n) is 3.16. The average molecular weight is 350 g/mol. The number of nitrogens with one attached hydrogen (secondary N) is 1. The van der Waals surface area contributed by atoms with Crippen molar-refractivity contribution in [2.45, 2.75) is 6.92 Å². The van der Waals surface area contributed by atoms with Crippen molar-refractivity contribution in [2.24, 2.45) is 0 Å². The number of hydrogen-bond donors (Lipinski definition) is 2. The fraction of sp³-hybridized carbons (Fsp3) is 0.0625. The minimum Gasteiger partial charge on any atom is -0.399 e. The minimum absolute atomic E-state index is 0. The highest BCUT2D eigenvalue weighted by Gasteiger charge is 2.03. The first-order chi connectivity index (χ1) is 10.2. The van der Waals surface area contributed by atoms with Gasteiger partial charge in [-0.25, -0.2) is 9.97 Å². The Morgan fingerprint density at radius 2 is 1.70 bits per heavy atom. The molecule has 0 amide bonds. The van der Waals surface area contributed by atoms with Crippen LogP contribution >= 0.6 is 24.8 Å². The zero-order chi connectivity index (χ0) is 14.7. The molecule has 2 aromatic heterocycles. The molecule has 0 fully saturated rings. The third kappa shape index (κ3) is 4.55. The summed E-state index contributed by atoms with van der Waals surface area (Å²) in [6.45, 7) is 1.97. The number of hydrogen-bond acceptors (Lipinski definition) is 5. The van der Waals surface area contributed by atoms with Gasteiger partial charge in [-0.2, -0.15) is 0 Å². The lowest BCUT2D eigenvalue weighted by molar-refractivity contribution is 1.17. The second-order valence-electron chi connectivity index (χ2n) is 4.70. The number of pyridine rings is 1. The molecule has 120 valence electrons. The molecule has 0 aliphatic rings. The molecule has 3 rings (SSSR count). The van der Waals surface area contributed by atoms with E-state index in [4.69, 9.17) is 5.73 Å². The van der Waals surface area contributed by atoms with Crippen molar-refractivity contribution in [1.29, 1.82) is 0 Å². The van der Waals surface area contributed by atoms with Crippen molar-refractivity contribution >= 4 is 42.1 Å². The zero-order valence-electron chi connectivity index (χ0n) is 12.4. The maximum Gasteiger partial charge on any atom is 0.227 e. The van der Waals surface area contributed by atoms with E-state index in [9.17, 15) is 0 Å². The lowest BCUT2D eigenvalue weighted by Gasteiger charge is -2.08. The van der Waals surface area contributed by atoms with Crippen LogP contribution in [0.25, 0.3) is 11.3 Å². The number of anilines is 3. The molecule has 0 aliphatic carbocycles. The van der Waals surface area contributed by atoms with Crippen molar-refractivity contribution in [1.82, 2.24) is 15.0 Å². The summed E-state index contributed by atoms with van der Waals surface area (Å²) in [5, 5.41) is 3.19. The quantitative estimate of drug-likeness (QED) is 0.698. The first kappa shape index (κ1) is 18.7. The summed E-state index contributed by atoms with van der Waals surface area (Å²) >= 11 is 0. The average Bonchev–Trinajstić information content (AvgIpc) is 2.52. The Morgan fingerprint density at radius 3 is 2.39 bits per heavy atom. The largest absolute Gasteiger partial charge is 0.399 e. The molecule has 5 nitrogen and oxygen atoms in total. The fourth-order valence-corrected chi connectivity index (χ4v) is 1.98. The predicted molar refractivity (Wildman–Crippen MR) is 98.6 cm³/mol. The van der Waals surface area contributed by atoms with Crippen LogP contribution in [0, 0.1) is 6.92 Å². The van der Waals surface area contributed by atoms with Gasteiger partial charge in [0.15, 0.2) is 0 Å². The van der Waals surface area contributed by atoms with Crippen molar-refractivity contribution in [3.63, 3.8) is 0 Å². The van der Waals surface area contributed by atoms with Crippen molar-refractivity contribution < 1.29 is 0 Å². The van der Waals surface area contributed by atoms with E-state index in [2.05, 4.69) is 20.3 Å². The summed E-state index contributed by atoms with van der Waals surface area (Å²) < 4.78 is 0. The van der Waals surface area contributed by atoms with E-state index in [1.165, 1.54) is 0 Å². The van der Waals surface area contributed by atoms with Gasteiger partial charge in [-0.1, -0.05) is 0 Å². The molecule has 0 bridgehead atoms. The molecule has 0 atom stereocenters. The summed E-state index contributed by atoms with van der Waals surface area (Å²) in [6.07, 6.45) is 5.22. The molecule has 2 heterocycles. The highest BCUT2D eigenvalue weighted by Crippen LogP contribution is 2.21. The van der Waals surface area contributed by atoms with Crippen molar-refractivity contribution in [3.8, 4) is 11.3 Å². The van der Waals surface area contributed by atoms with Gasteiger partial charge in [0, 0.05) is 35.5 Å². The Labute approximate surface area is 147 Å². The Morgan fingerprint density at radius 1 is 0.957 bits per heavy atom. The molecule has 0 spiro atoms. The molecular weight excluding hydrogens is 333 g/mol. The summed E-state index contributed by atoms with van der Waals surface area (Å²) in [4.78, 5) is 12.8. The van der Waals surface area contributed by atoms with Gasteiger partial charge in [-0.3, -0.25) is 4.98 Å². The maximum absolute atomic E-state index is 5.82. The van der Waals surface area contributed by atoms with Crippen LogP contribution in [0.2, 0.25) is 0 Å². The van der Waals surface area contributed by atoms with Crippen LogP contribution in [0.1, 0.15) is 5.56 Å². The fourth-order valence-electron chi connectivity index (χ4n) is 1.98. The van der Waals surface area contributed by atoms with E-state index >= 15 is 0 Å². The number of nitrogen functional groups attached to an aromatic ring is 1. The molecule has 0 saturated carbocycles. The van der Waals surface area contributed by atoms with Gasteiger partial charge in [-0.05, 0) is 48.9 Å². The first-order valence-electron chi connectivity index (χ1n) is 6.59. The van der Waals surface area contributed by atoms with Crippen LogP contribution in [-0.2, 0) is 0 Å². The molecule has 3 aromatic rings. The number of nitrogens with two attached hydrogens (primary N) is 1. The van der Waals surface area contributed by atoms with Gasteiger partial charge in [-0.15, -0.1) is 24.8 Å². The summed E-state index contributed by atoms with van der Waals surface area (Å²) in [5.74, 6) is 0.550. The van der Waals surface area contributed by atoms with Gasteiger partial charge < -0.3 is 11.1 Å². The minimum atomic E-state index is 0. The molecule has 0 unspecified atom stereocenters. The molecule has 1 aromatic carbocycles. The van der Waals surface area contributed by atoms with Crippen LogP contribution in [0.5, 0.6) is 0 Å². The third-order valence-corrected chi connectivity index (χ3v) is 3.16. The number of halogens is 2. The standard InChI is InChI=1S/C16H15N5.2ClH/c1-11-10-13(2-3-14(11)17)20-16-19-9-6-15(21-16)12-4-7-18-8-5-12;;/h2-10H,17H2,1H3,(H,19,20,21);2*1H. The molecule has 0 aliphatic heterocycles. The van der Waals surface area contributed by atoms with Crippen molar-refractivity contribution in [2.75, 3.05) is 11.1 Å². The lowest BCUT2D eigenvalue weighted by atomic mass is 10.2. The van der Waals surface area contributed by atoms with E-state index in [1.807, 2.05) is 43.3 Å². The van der Waals surface area contributed by atoms with Crippen LogP contribution in [0.3, 0.4) is 0 Å². The summed E-state index contributed by atoms with van der Waals surface area (Å²) in [7, 11) is 0. The van der Waals surface area contributed by atoms with E-state index in [1.54, 1.807) is 18.6 Å². The van der Waals surface area contributed by atoms with Gasteiger partial charge in [0.25, 0.3) is 0 Å². The normalized spacial score (nSPS) is 9.43. The van der Waals surface area contributed by atoms with E-state index < -0.39 is 0 Å². The highest BCUT2D eigenvalue weighted by molar-refractivity contribution is 5.85.